The molecule has 0 bridgehead atoms. The van der Waals surface area contributed by atoms with Crippen molar-refractivity contribution in [3.05, 3.63) is 83.9 Å². The number of nitrogens with zero attached hydrogens (tertiary/aromatic N) is 2. The molecule has 2 amide bonds. The fourth-order valence-electron chi connectivity index (χ4n) is 4.28. The standard InChI is InChI=1S/C31H39N3O6S/c1-7-23(3)32-31(36)24(4)33(20-25-12-10-11-22(2)19-25)30(35)21-34(28-13-8-9-14-29(28)40-6)41(37,38)27-17-15-26(39-5)16-18-27/h8-19,23-24H,7,20-21H2,1-6H3,(H,32,36)/t23-,24+/m1/s1. The maximum Gasteiger partial charge on any atom is 0.264 e. The molecule has 3 rings (SSSR count). The summed E-state index contributed by atoms with van der Waals surface area (Å²) in [6, 6.07) is 19.2. The van der Waals surface area contributed by atoms with Gasteiger partial charge in [0.1, 0.15) is 24.1 Å². The highest BCUT2D eigenvalue weighted by molar-refractivity contribution is 7.92. The number of carbonyl (C=O) groups is 2. The van der Waals surface area contributed by atoms with Crippen molar-refractivity contribution >= 4 is 27.5 Å². The van der Waals surface area contributed by atoms with Crippen molar-refractivity contribution in [1.82, 2.24) is 10.2 Å². The van der Waals surface area contributed by atoms with Gasteiger partial charge in [-0.25, -0.2) is 8.42 Å². The molecule has 0 saturated carbocycles. The Balaban J connectivity index is 2.07. The average Bonchev–Trinajstić information content (AvgIpc) is 2.98. The van der Waals surface area contributed by atoms with E-state index in [1.165, 1.54) is 31.3 Å². The van der Waals surface area contributed by atoms with Crippen LogP contribution in [-0.2, 0) is 26.2 Å². The van der Waals surface area contributed by atoms with Crippen LogP contribution < -0.4 is 19.1 Å². The number of hydrogen-bond donors (Lipinski definition) is 1. The SMILES string of the molecule is CC[C@@H](C)NC(=O)[C@H](C)N(Cc1cccc(C)c1)C(=O)CN(c1ccccc1OC)S(=O)(=O)c1ccc(OC)cc1. The first kappa shape index (κ1) is 31.5. The van der Waals surface area contributed by atoms with Crippen LogP contribution in [0.25, 0.3) is 0 Å². The van der Waals surface area contributed by atoms with Crippen molar-refractivity contribution in [1.29, 1.82) is 0 Å². The highest BCUT2D eigenvalue weighted by atomic mass is 32.2. The Bertz CT molecular complexity index is 1440. The molecule has 10 heteroatoms. The smallest absolute Gasteiger partial charge is 0.264 e. The molecule has 0 aromatic heterocycles. The number of anilines is 1. The molecule has 3 aromatic carbocycles. The number of amides is 2. The molecule has 0 unspecified atom stereocenters. The van der Waals surface area contributed by atoms with E-state index >= 15 is 0 Å². The normalized spacial score (nSPS) is 12.6. The third-order valence-corrected chi connectivity index (χ3v) is 8.66. The maximum atomic E-state index is 14.1. The molecule has 41 heavy (non-hydrogen) atoms. The number of aryl methyl sites for hydroxylation is 1. The van der Waals surface area contributed by atoms with Gasteiger partial charge in [-0.05, 0) is 69.2 Å². The minimum Gasteiger partial charge on any atom is -0.497 e. The van der Waals surface area contributed by atoms with Gasteiger partial charge in [0.05, 0.1) is 24.8 Å². The third-order valence-electron chi connectivity index (χ3n) is 6.88. The number of hydrogen-bond acceptors (Lipinski definition) is 6. The van der Waals surface area contributed by atoms with Gasteiger partial charge >= 0.3 is 0 Å². The summed E-state index contributed by atoms with van der Waals surface area (Å²) >= 11 is 0. The summed E-state index contributed by atoms with van der Waals surface area (Å²) in [4.78, 5) is 28.6. The molecule has 0 aliphatic carbocycles. The quantitative estimate of drug-likeness (QED) is 0.318. The molecule has 0 fully saturated rings. The van der Waals surface area contributed by atoms with Crippen molar-refractivity contribution < 1.29 is 27.5 Å². The molecule has 0 aliphatic rings. The van der Waals surface area contributed by atoms with E-state index in [0.717, 1.165) is 21.9 Å². The van der Waals surface area contributed by atoms with Gasteiger partial charge in [0.25, 0.3) is 10.0 Å². The largest absolute Gasteiger partial charge is 0.497 e. The van der Waals surface area contributed by atoms with Gasteiger partial charge < -0.3 is 19.7 Å². The predicted molar refractivity (Wildman–Crippen MR) is 160 cm³/mol. The van der Waals surface area contributed by atoms with Crippen molar-refractivity contribution in [2.24, 2.45) is 0 Å². The molecule has 3 aromatic rings. The van der Waals surface area contributed by atoms with Crippen LogP contribution in [0, 0.1) is 6.92 Å². The maximum absolute atomic E-state index is 14.1. The number of carbonyl (C=O) groups excluding carboxylic acids is 2. The second-order valence-corrected chi connectivity index (χ2v) is 11.7. The molecular formula is C31H39N3O6S. The topological polar surface area (TPSA) is 105 Å². The van der Waals surface area contributed by atoms with Crippen molar-refractivity contribution in [3.8, 4) is 11.5 Å². The average molecular weight is 582 g/mol. The Kier molecular flexibility index (Phi) is 10.8. The van der Waals surface area contributed by atoms with Gasteiger partial charge in [-0.15, -0.1) is 0 Å². The van der Waals surface area contributed by atoms with Gasteiger partial charge in [0.2, 0.25) is 11.8 Å². The number of sulfonamides is 1. The lowest BCUT2D eigenvalue weighted by atomic mass is 10.1. The van der Waals surface area contributed by atoms with E-state index in [2.05, 4.69) is 5.32 Å². The second kappa shape index (κ2) is 14.0. The Hall–Kier alpha value is -4.05. The molecule has 9 nitrogen and oxygen atoms in total. The predicted octanol–water partition coefficient (Wildman–Crippen LogP) is 4.54. The van der Waals surface area contributed by atoms with Crippen LogP contribution in [0.3, 0.4) is 0 Å². The molecule has 1 N–H and O–H groups in total. The summed E-state index contributed by atoms with van der Waals surface area (Å²) in [5, 5.41) is 2.94. The molecule has 0 radical (unpaired) electrons. The van der Waals surface area contributed by atoms with E-state index < -0.39 is 28.5 Å². The van der Waals surface area contributed by atoms with Crippen molar-refractivity contribution in [3.63, 3.8) is 0 Å². The molecule has 220 valence electrons. The van der Waals surface area contributed by atoms with Gasteiger partial charge in [-0.1, -0.05) is 48.9 Å². The van der Waals surface area contributed by atoms with E-state index in [9.17, 15) is 18.0 Å². The molecule has 2 atom stereocenters. The van der Waals surface area contributed by atoms with E-state index in [1.807, 2.05) is 45.0 Å². The number of methoxy groups -OCH3 is 2. The van der Waals surface area contributed by atoms with Gasteiger partial charge in [0.15, 0.2) is 0 Å². The highest BCUT2D eigenvalue weighted by Gasteiger charge is 2.34. The molecule has 0 heterocycles. The molecule has 0 saturated heterocycles. The summed E-state index contributed by atoms with van der Waals surface area (Å²) in [5.74, 6) is -0.0805. The first-order valence-electron chi connectivity index (χ1n) is 13.5. The van der Waals surface area contributed by atoms with E-state index in [0.29, 0.717) is 5.75 Å². The van der Waals surface area contributed by atoms with E-state index in [-0.39, 0.29) is 34.8 Å². The Morgan fingerprint density at radius 3 is 2.22 bits per heavy atom. The minimum atomic E-state index is -4.24. The third kappa shape index (κ3) is 7.79. The zero-order valence-electron chi connectivity index (χ0n) is 24.5. The second-order valence-electron chi connectivity index (χ2n) is 9.86. The van der Waals surface area contributed by atoms with Gasteiger partial charge in [-0.3, -0.25) is 13.9 Å². The lowest BCUT2D eigenvalue weighted by Crippen LogP contribution is -2.52. The lowest BCUT2D eigenvalue weighted by Gasteiger charge is -2.33. The van der Waals surface area contributed by atoms with E-state index in [4.69, 9.17) is 9.47 Å². The summed E-state index contributed by atoms with van der Waals surface area (Å²) in [7, 11) is -1.31. The minimum absolute atomic E-state index is 0.0233. The van der Waals surface area contributed by atoms with Crippen LogP contribution in [0.5, 0.6) is 11.5 Å². The number of ether oxygens (including phenoxy) is 2. The van der Waals surface area contributed by atoms with Crippen molar-refractivity contribution in [2.45, 2.75) is 57.6 Å². The highest BCUT2D eigenvalue weighted by Crippen LogP contribution is 2.33. The first-order valence-corrected chi connectivity index (χ1v) is 14.9. The van der Waals surface area contributed by atoms with Crippen LogP contribution in [-0.4, -0.2) is 58.0 Å². The van der Waals surface area contributed by atoms with Gasteiger partial charge in [-0.2, -0.15) is 0 Å². The molecular weight excluding hydrogens is 542 g/mol. The number of para-hydroxylation sites is 2. The zero-order chi connectivity index (χ0) is 30.2. The zero-order valence-corrected chi connectivity index (χ0v) is 25.3. The number of rotatable bonds is 13. The van der Waals surface area contributed by atoms with Crippen molar-refractivity contribution in [2.75, 3.05) is 25.1 Å². The number of benzene rings is 3. The molecule has 0 aliphatic heterocycles. The Morgan fingerprint density at radius 2 is 1.61 bits per heavy atom. The van der Waals surface area contributed by atoms with Crippen LogP contribution in [0.4, 0.5) is 5.69 Å². The molecule has 0 spiro atoms. The lowest BCUT2D eigenvalue weighted by molar-refractivity contribution is -0.139. The summed E-state index contributed by atoms with van der Waals surface area (Å²) in [5.41, 5.74) is 2.03. The van der Waals surface area contributed by atoms with Gasteiger partial charge in [0, 0.05) is 12.6 Å². The first-order chi connectivity index (χ1) is 19.5. The van der Waals surface area contributed by atoms with Crippen LogP contribution in [0.2, 0.25) is 0 Å². The summed E-state index contributed by atoms with van der Waals surface area (Å²) < 4.78 is 39.7. The monoisotopic (exact) mass is 581 g/mol. The Morgan fingerprint density at radius 1 is 0.927 bits per heavy atom. The fourth-order valence-corrected chi connectivity index (χ4v) is 5.70. The number of nitrogens with one attached hydrogen (secondary N) is 1. The van der Waals surface area contributed by atoms with Crippen LogP contribution in [0.15, 0.2) is 77.7 Å². The van der Waals surface area contributed by atoms with Crippen LogP contribution >= 0.6 is 0 Å². The van der Waals surface area contributed by atoms with Crippen LogP contribution in [0.1, 0.15) is 38.3 Å². The fraction of sp³-hybridized carbons (Fsp3) is 0.355. The summed E-state index contributed by atoms with van der Waals surface area (Å²) in [6.45, 7) is 7.01. The Labute approximate surface area is 243 Å². The van der Waals surface area contributed by atoms with E-state index in [1.54, 1.807) is 43.3 Å². The summed E-state index contributed by atoms with van der Waals surface area (Å²) in [6.07, 6.45) is 0.728.